The quantitative estimate of drug-likeness (QED) is 0.779. The summed E-state index contributed by atoms with van der Waals surface area (Å²) in [5.41, 5.74) is 0.455. The van der Waals surface area contributed by atoms with E-state index < -0.39 is 12.1 Å². The van der Waals surface area contributed by atoms with E-state index in [1.165, 1.54) is 12.1 Å². The summed E-state index contributed by atoms with van der Waals surface area (Å²) in [5, 5.41) is 18.2. The van der Waals surface area contributed by atoms with E-state index in [-0.39, 0.29) is 5.75 Å². The molecule has 0 fully saturated rings. The van der Waals surface area contributed by atoms with Crippen molar-refractivity contribution in [3.63, 3.8) is 0 Å². The van der Waals surface area contributed by atoms with Crippen LogP contribution in [0.3, 0.4) is 0 Å². The standard InChI is InChI=1S/C11H14O4/c1-2-6-15-10(11(13)14)8-4-3-5-9(12)7-8/h3-5,7,10,12H,2,6H2,1H3,(H,13,14). The molecule has 1 aromatic carbocycles. The van der Waals surface area contributed by atoms with E-state index in [0.717, 1.165) is 6.42 Å². The molecular formula is C11H14O4. The van der Waals surface area contributed by atoms with Crippen LogP contribution < -0.4 is 0 Å². The number of ether oxygens (including phenoxy) is 1. The molecule has 0 aromatic heterocycles. The Hall–Kier alpha value is -1.55. The highest BCUT2D eigenvalue weighted by Gasteiger charge is 2.20. The highest BCUT2D eigenvalue weighted by atomic mass is 16.5. The number of carbonyl (C=O) groups is 1. The van der Waals surface area contributed by atoms with Crippen molar-refractivity contribution < 1.29 is 19.7 Å². The Balaban J connectivity index is 2.84. The number of hydrogen-bond acceptors (Lipinski definition) is 3. The predicted octanol–water partition coefficient (Wildman–Crippen LogP) is 1.94. The molecule has 0 saturated heterocycles. The highest BCUT2D eigenvalue weighted by molar-refractivity contribution is 5.74. The Morgan fingerprint density at radius 3 is 2.80 bits per heavy atom. The van der Waals surface area contributed by atoms with Crippen LogP contribution in [0.5, 0.6) is 5.75 Å². The van der Waals surface area contributed by atoms with Crippen molar-refractivity contribution in [2.75, 3.05) is 6.61 Å². The number of phenols is 1. The van der Waals surface area contributed by atoms with Gasteiger partial charge in [-0.1, -0.05) is 19.1 Å². The third-order valence-electron chi connectivity index (χ3n) is 1.89. The second-order valence-electron chi connectivity index (χ2n) is 3.18. The van der Waals surface area contributed by atoms with Crippen molar-refractivity contribution in [1.29, 1.82) is 0 Å². The number of benzene rings is 1. The lowest BCUT2D eigenvalue weighted by Gasteiger charge is -2.13. The van der Waals surface area contributed by atoms with Gasteiger partial charge in [0.1, 0.15) is 5.75 Å². The number of aliphatic carboxylic acids is 1. The van der Waals surface area contributed by atoms with E-state index >= 15 is 0 Å². The van der Waals surface area contributed by atoms with Gasteiger partial charge in [-0.05, 0) is 24.1 Å². The van der Waals surface area contributed by atoms with Gasteiger partial charge in [0.05, 0.1) is 0 Å². The van der Waals surface area contributed by atoms with Crippen LogP contribution in [0.4, 0.5) is 0 Å². The van der Waals surface area contributed by atoms with Crippen molar-refractivity contribution in [3.05, 3.63) is 29.8 Å². The van der Waals surface area contributed by atoms with Gasteiger partial charge in [-0.15, -0.1) is 0 Å². The van der Waals surface area contributed by atoms with Crippen LogP contribution in [0.1, 0.15) is 25.0 Å². The summed E-state index contributed by atoms with van der Waals surface area (Å²) < 4.78 is 5.18. The van der Waals surface area contributed by atoms with E-state index in [1.807, 2.05) is 6.92 Å². The van der Waals surface area contributed by atoms with E-state index in [0.29, 0.717) is 12.2 Å². The summed E-state index contributed by atoms with van der Waals surface area (Å²) in [7, 11) is 0. The smallest absolute Gasteiger partial charge is 0.337 e. The number of hydrogen-bond donors (Lipinski definition) is 2. The van der Waals surface area contributed by atoms with Gasteiger partial charge >= 0.3 is 5.97 Å². The van der Waals surface area contributed by atoms with Gasteiger partial charge in [0.2, 0.25) is 0 Å². The first-order valence-electron chi connectivity index (χ1n) is 4.78. The fourth-order valence-electron chi connectivity index (χ4n) is 1.23. The van der Waals surface area contributed by atoms with Crippen molar-refractivity contribution >= 4 is 5.97 Å². The van der Waals surface area contributed by atoms with Gasteiger partial charge in [0, 0.05) is 6.61 Å². The summed E-state index contributed by atoms with van der Waals surface area (Å²) >= 11 is 0. The first kappa shape index (κ1) is 11.5. The molecule has 0 saturated carbocycles. The van der Waals surface area contributed by atoms with Gasteiger partial charge in [-0.2, -0.15) is 0 Å². The Bertz CT molecular complexity index is 335. The molecule has 0 bridgehead atoms. The molecule has 82 valence electrons. The molecule has 0 aliphatic heterocycles. The van der Waals surface area contributed by atoms with Crippen molar-refractivity contribution in [2.24, 2.45) is 0 Å². The minimum absolute atomic E-state index is 0.0406. The molecule has 0 spiro atoms. The lowest BCUT2D eigenvalue weighted by molar-refractivity contribution is -0.150. The normalized spacial score (nSPS) is 12.3. The molecule has 1 unspecified atom stereocenters. The predicted molar refractivity (Wildman–Crippen MR) is 54.7 cm³/mol. The summed E-state index contributed by atoms with van der Waals surface area (Å²) in [4.78, 5) is 10.9. The van der Waals surface area contributed by atoms with Crippen LogP contribution in [0.2, 0.25) is 0 Å². The fraction of sp³-hybridized carbons (Fsp3) is 0.364. The van der Waals surface area contributed by atoms with Crippen molar-refractivity contribution in [3.8, 4) is 5.75 Å². The lowest BCUT2D eigenvalue weighted by atomic mass is 10.1. The Morgan fingerprint density at radius 2 is 2.27 bits per heavy atom. The van der Waals surface area contributed by atoms with Gasteiger partial charge in [0.25, 0.3) is 0 Å². The summed E-state index contributed by atoms with van der Waals surface area (Å²) in [6.45, 7) is 2.29. The largest absolute Gasteiger partial charge is 0.508 e. The molecule has 4 nitrogen and oxygen atoms in total. The first-order chi connectivity index (χ1) is 7.15. The molecule has 4 heteroatoms. The van der Waals surface area contributed by atoms with Crippen molar-refractivity contribution in [1.82, 2.24) is 0 Å². The zero-order valence-corrected chi connectivity index (χ0v) is 8.51. The third-order valence-corrected chi connectivity index (χ3v) is 1.89. The number of carboxylic acid groups (broad SMARTS) is 1. The minimum Gasteiger partial charge on any atom is -0.508 e. The molecule has 0 aliphatic carbocycles. The molecule has 0 radical (unpaired) electrons. The summed E-state index contributed by atoms with van der Waals surface area (Å²) in [6, 6.07) is 6.10. The van der Waals surface area contributed by atoms with E-state index in [9.17, 15) is 9.90 Å². The van der Waals surface area contributed by atoms with E-state index in [1.54, 1.807) is 12.1 Å². The first-order valence-corrected chi connectivity index (χ1v) is 4.78. The SMILES string of the molecule is CCCOC(C(=O)O)c1cccc(O)c1. The van der Waals surface area contributed by atoms with Crippen molar-refractivity contribution in [2.45, 2.75) is 19.4 Å². The fourth-order valence-corrected chi connectivity index (χ4v) is 1.23. The maximum atomic E-state index is 10.9. The second kappa shape index (κ2) is 5.36. The van der Waals surface area contributed by atoms with Crippen LogP contribution >= 0.6 is 0 Å². The third kappa shape index (κ3) is 3.25. The number of rotatable bonds is 5. The maximum absolute atomic E-state index is 10.9. The van der Waals surface area contributed by atoms with Crippen LogP contribution in [0.15, 0.2) is 24.3 Å². The number of carboxylic acids is 1. The zero-order valence-electron chi connectivity index (χ0n) is 8.51. The molecule has 0 aliphatic rings. The molecule has 0 heterocycles. The highest BCUT2D eigenvalue weighted by Crippen LogP contribution is 2.21. The minimum atomic E-state index is -1.05. The molecule has 1 rings (SSSR count). The second-order valence-corrected chi connectivity index (χ2v) is 3.18. The monoisotopic (exact) mass is 210 g/mol. The van der Waals surface area contributed by atoms with Crippen LogP contribution in [0.25, 0.3) is 0 Å². The molecule has 15 heavy (non-hydrogen) atoms. The zero-order chi connectivity index (χ0) is 11.3. The van der Waals surface area contributed by atoms with Crippen LogP contribution in [-0.2, 0) is 9.53 Å². The Labute approximate surface area is 88.1 Å². The number of aromatic hydroxyl groups is 1. The summed E-state index contributed by atoms with van der Waals surface area (Å²) in [5.74, 6) is -1.01. The van der Waals surface area contributed by atoms with Crippen LogP contribution in [0, 0.1) is 0 Å². The molecule has 1 aromatic rings. The average molecular weight is 210 g/mol. The van der Waals surface area contributed by atoms with Crippen LogP contribution in [-0.4, -0.2) is 22.8 Å². The molecule has 2 N–H and O–H groups in total. The van der Waals surface area contributed by atoms with Gasteiger partial charge in [-0.3, -0.25) is 0 Å². The summed E-state index contributed by atoms with van der Waals surface area (Å²) in [6.07, 6.45) is -0.250. The Morgan fingerprint density at radius 1 is 1.53 bits per heavy atom. The van der Waals surface area contributed by atoms with E-state index in [2.05, 4.69) is 0 Å². The Kier molecular flexibility index (Phi) is 4.12. The topological polar surface area (TPSA) is 66.8 Å². The van der Waals surface area contributed by atoms with Gasteiger partial charge < -0.3 is 14.9 Å². The van der Waals surface area contributed by atoms with E-state index in [4.69, 9.17) is 9.84 Å². The maximum Gasteiger partial charge on any atom is 0.337 e. The number of phenolic OH excluding ortho intramolecular Hbond substituents is 1. The molecule has 0 amide bonds. The molecular weight excluding hydrogens is 196 g/mol. The lowest BCUT2D eigenvalue weighted by Crippen LogP contribution is -2.15. The van der Waals surface area contributed by atoms with Gasteiger partial charge in [-0.25, -0.2) is 4.79 Å². The molecule has 1 atom stereocenters. The van der Waals surface area contributed by atoms with Gasteiger partial charge in [0.15, 0.2) is 6.10 Å². The average Bonchev–Trinajstić information content (AvgIpc) is 2.18.